The molecule has 13 nitrogen and oxygen atoms in total. The Hall–Kier alpha value is -6.12. The highest BCUT2D eigenvalue weighted by molar-refractivity contribution is 7.18. The third-order valence-electron chi connectivity index (χ3n) is 11.5. The van der Waals surface area contributed by atoms with Crippen molar-refractivity contribution >= 4 is 70.6 Å². The van der Waals surface area contributed by atoms with Gasteiger partial charge >= 0.3 is 35.8 Å². The van der Waals surface area contributed by atoms with Gasteiger partial charge in [0.2, 0.25) is 0 Å². The first-order chi connectivity index (χ1) is 31.4. The maximum Gasteiger partial charge on any atom is 0.314 e. The number of hydrogen-bond acceptors (Lipinski definition) is 14. The molecule has 0 N–H and O–H groups in total. The van der Waals surface area contributed by atoms with Crippen molar-refractivity contribution in [2.75, 3.05) is 6.61 Å². The molecule has 4 aromatic rings. The van der Waals surface area contributed by atoms with Gasteiger partial charge in [-0.2, -0.15) is 0 Å². The van der Waals surface area contributed by atoms with Crippen molar-refractivity contribution in [2.24, 2.45) is 23.7 Å². The molecule has 1 aromatic heterocycles. The van der Waals surface area contributed by atoms with E-state index in [2.05, 4.69) is 0 Å². The number of carbonyl (C=O) groups is 7. The molecule has 66 heavy (non-hydrogen) atoms. The summed E-state index contributed by atoms with van der Waals surface area (Å²) in [5, 5.41) is 0. The quantitative estimate of drug-likeness (QED) is 0.0477. The van der Waals surface area contributed by atoms with Crippen LogP contribution in [0, 0.1) is 23.7 Å². The zero-order chi connectivity index (χ0) is 47.5. The highest BCUT2D eigenvalue weighted by Gasteiger charge is 2.35. The molecule has 0 bridgehead atoms. The summed E-state index contributed by atoms with van der Waals surface area (Å²) in [6.07, 6.45) is 6.60. The number of thiophene rings is 1. The molecule has 0 saturated heterocycles. The standard InChI is InChI=1S/C51H53ClO13S/c1-30(53)60-27-26-32-6-17-38(18-7-32)62-47(56)33-8-10-34(11-9-33)48(57)63-39-19-22-43(37(28-39)16-21-42(55)45-24-25-46(52)66-45)64-49(58)35-12-14-36(15-13-35)50(59)65-44-23-20-40(61-31(2)54)29-41(44)51(3,4)5/h6-7,16-25,28-29,33-36H,8-15,26-27H2,1-5H3/b21-16+. The van der Waals surface area contributed by atoms with Crippen LogP contribution in [0.15, 0.2) is 78.9 Å². The minimum atomic E-state index is -0.510. The van der Waals surface area contributed by atoms with E-state index < -0.39 is 47.0 Å². The van der Waals surface area contributed by atoms with Crippen LogP contribution in [0.5, 0.6) is 28.7 Å². The van der Waals surface area contributed by atoms with Gasteiger partial charge in [0.05, 0.1) is 39.5 Å². The summed E-state index contributed by atoms with van der Waals surface area (Å²) in [6.45, 7) is 8.82. The van der Waals surface area contributed by atoms with Crippen molar-refractivity contribution in [1.29, 1.82) is 0 Å². The van der Waals surface area contributed by atoms with Crippen LogP contribution in [0.25, 0.3) is 6.08 Å². The van der Waals surface area contributed by atoms with E-state index in [1.54, 1.807) is 42.5 Å². The highest BCUT2D eigenvalue weighted by Crippen LogP contribution is 2.38. The minimum absolute atomic E-state index is 0.150. The second kappa shape index (κ2) is 22.4. The SMILES string of the molecule is CC(=O)OCCc1ccc(OC(=O)C2CCC(C(=O)Oc3ccc(OC(=O)C4CCC(C(=O)Oc5ccc(OC(C)=O)cc5C(C)(C)C)CC4)c(/C=C/C(=O)c4ccc(Cl)s4)c3)CC2)cc1. The maximum atomic E-state index is 13.6. The van der Waals surface area contributed by atoms with Crippen LogP contribution in [0.2, 0.25) is 4.34 Å². The fourth-order valence-electron chi connectivity index (χ4n) is 7.87. The van der Waals surface area contributed by atoms with E-state index in [0.29, 0.717) is 95.4 Å². The van der Waals surface area contributed by atoms with E-state index in [9.17, 15) is 33.6 Å². The van der Waals surface area contributed by atoms with Crippen LogP contribution in [-0.4, -0.2) is 48.2 Å². The Morgan fingerprint density at radius 2 is 1.08 bits per heavy atom. The molecule has 6 rings (SSSR count). The first-order valence-corrected chi connectivity index (χ1v) is 23.1. The monoisotopic (exact) mass is 940 g/mol. The summed E-state index contributed by atoms with van der Waals surface area (Å²) < 4.78 is 33.9. The number of benzene rings is 3. The molecule has 0 amide bonds. The fourth-order valence-corrected chi connectivity index (χ4v) is 8.83. The van der Waals surface area contributed by atoms with E-state index in [1.165, 1.54) is 44.2 Å². The predicted octanol–water partition coefficient (Wildman–Crippen LogP) is 10.3. The molecule has 2 aliphatic carbocycles. The van der Waals surface area contributed by atoms with Gasteiger partial charge in [-0.3, -0.25) is 33.6 Å². The Balaban J connectivity index is 1.05. The van der Waals surface area contributed by atoms with Crippen LogP contribution in [-0.2, 0) is 45.3 Å². The van der Waals surface area contributed by atoms with Gasteiger partial charge < -0.3 is 28.4 Å². The number of esters is 6. The number of ether oxygens (including phenoxy) is 6. The molecule has 0 unspecified atom stereocenters. The van der Waals surface area contributed by atoms with Gasteiger partial charge in [0, 0.05) is 31.4 Å². The van der Waals surface area contributed by atoms with Gasteiger partial charge in [0.1, 0.15) is 28.7 Å². The van der Waals surface area contributed by atoms with Crippen LogP contribution in [0.3, 0.4) is 0 Å². The van der Waals surface area contributed by atoms with Gasteiger partial charge in [-0.25, -0.2) is 0 Å². The molecule has 15 heteroatoms. The lowest BCUT2D eigenvalue weighted by Gasteiger charge is -2.27. The summed E-state index contributed by atoms with van der Waals surface area (Å²) >= 11 is 7.18. The lowest BCUT2D eigenvalue weighted by molar-refractivity contribution is -0.145. The van der Waals surface area contributed by atoms with Crippen LogP contribution < -0.4 is 23.7 Å². The van der Waals surface area contributed by atoms with Gasteiger partial charge in [-0.15, -0.1) is 11.3 Å². The van der Waals surface area contributed by atoms with Crippen molar-refractivity contribution in [1.82, 2.24) is 0 Å². The number of halogens is 1. The summed E-state index contributed by atoms with van der Waals surface area (Å²) in [6, 6.07) is 19.7. The summed E-state index contributed by atoms with van der Waals surface area (Å²) in [5.41, 5.74) is 1.54. The van der Waals surface area contributed by atoms with Gasteiger partial charge in [-0.1, -0.05) is 44.5 Å². The molecule has 2 aliphatic rings. The third kappa shape index (κ3) is 13.9. The second-order valence-electron chi connectivity index (χ2n) is 17.5. The second-order valence-corrected chi connectivity index (χ2v) is 19.2. The van der Waals surface area contributed by atoms with Crippen molar-refractivity contribution < 1.29 is 62.0 Å². The van der Waals surface area contributed by atoms with E-state index in [1.807, 2.05) is 32.9 Å². The first kappa shape index (κ1) is 49.3. The number of carbonyl (C=O) groups excluding carboxylic acids is 7. The summed E-state index contributed by atoms with van der Waals surface area (Å²) in [4.78, 5) is 89.4. The Morgan fingerprint density at radius 3 is 1.58 bits per heavy atom. The van der Waals surface area contributed by atoms with Crippen molar-refractivity contribution in [3.05, 3.63) is 105 Å². The molecule has 2 saturated carbocycles. The Morgan fingerprint density at radius 1 is 0.591 bits per heavy atom. The number of rotatable bonds is 15. The Labute approximate surface area is 392 Å². The molecule has 3 aromatic carbocycles. The molecule has 348 valence electrons. The zero-order valence-corrected chi connectivity index (χ0v) is 39.1. The van der Waals surface area contributed by atoms with Crippen molar-refractivity contribution in [2.45, 2.75) is 97.8 Å². The molecule has 0 radical (unpaired) electrons. The van der Waals surface area contributed by atoms with E-state index in [-0.39, 0.29) is 41.7 Å². The molecule has 2 fully saturated rings. The van der Waals surface area contributed by atoms with Gasteiger partial charge in [0.25, 0.3) is 0 Å². The topological polar surface area (TPSA) is 175 Å². The van der Waals surface area contributed by atoms with Crippen LogP contribution in [0.1, 0.15) is 112 Å². The smallest absolute Gasteiger partial charge is 0.314 e. The van der Waals surface area contributed by atoms with Crippen LogP contribution in [0.4, 0.5) is 0 Å². The molecule has 1 heterocycles. The van der Waals surface area contributed by atoms with Crippen LogP contribution >= 0.6 is 22.9 Å². The lowest BCUT2D eigenvalue weighted by Crippen LogP contribution is -2.31. The molecule has 0 aliphatic heterocycles. The first-order valence-electron chi connectivity index (χ1n) is 22.0. The highest BCUT2D eigenvalue weighted by atomic mass is 35.5. The molecule has 0 atom stereocenters. The Kier molecular flexibility index (Phi) is 16.7. The van der Waals surface area contributed by atoms with Crippen molar-refractivity contribution in [3.8, 4) is 28.7 Å². The predicted molar refractivity (Wildman–Crippen MR) is 246 cm³/mol. The molecule has 0 spiro atoms. The van der Waals surface area contributed by atoms with E-state index in [4.69, 9.17) is 40.0 Å². The van der Waals surface area contributed by atoms with Crippen molar-refractivity contribution in [3.63, 3.8) is 0 Å². The number of hydrogen-bond donors (Lipinski definition) is 0. The van der Waals surface area contributed by atoms with E-state index >= 15 is 0 Å². The summed E-state index contributed by atoms with van der Waals surface area (Å²) in [5.74, 6) is -3.23. The number of ketones is 1. The van der Waals surface area contributed by atoms with E-state index in [0.717, 1.165) is 16.9 Å². The van der Waals surface area contributed by atoms with Gasteiger partial charge in [-0.05, 0) is 135 Å². The normalized spacial score (nSPS) is 18.5. The largest absolute Gasteiger partial charge is 0.466 e. The fraction of sp³-hybridized carbons (Fsp3) is 0.392. The molecular weight excluding hydrogens is 888 g/mol. The average molecular weight is 941 g/mol. The maximum absolute atomic E-state index is 13.6. The molecular formula is C51H53ClO13S. The minimum Gasteiger partial charge on any atom is -0.466 e. The summed E-state index contributed by atoms with van der Waals surface area (Å²) in [7, 11) is 0. The average Bonchev–Trinajstić information content (AvgIpc) is 3.72. The zero-order valence-electron chi connectivity index (χ0n) is 37.6. The van der Waals surface area contributed by atoms with Gasteiger partial charge in [0.15, 0.2) is 5.78 Å². The lowest BCUT2D eigenvalue weighted by atomic mass is 9.82. The number of allylic oxidation sites excluding steroid dienone is 1. The third-order valence-corrected chi connectivity index (χ3v) is 12.7. The Bertz CT molecular complexity index is 2460.